The molecule has 0 saturated carbocycles. The van der Waals surface area contributed by atoms with Crippen LogP contribution in [0.2, 0.25) is 0 Å². The first-order valence-electron chi connectivity index (χ1n) is 12.8. The van der Waals surface area contributed by atoms with Gasteiger partial charge in [-0.15, -0.1) is 0 Å². The van der Waals surface area contributed by atoms with Crippen LogP contribution in [0.1, 0.15) is 17.7 Å². The van der Waals surface area contributed by atoms with Gasteiger partial charge in [-0.25, -0.2) is 23.9 Å². The van der Waals surface area contributed by atoms with E-state index in [-0.39, 0.29) is 12.2 Å². The van der Waals surface area contributed by atoms with Gasteiger partial charge in [0.15, 0.2) is 0 Å². The Kier molecular flexibility index (Phi) is 7.70. The largest absolute Gasteiger partial charge is 0.465 e. The molecule has 2 aliphatic heterocycles. The van der Waals surface area contributed by atoms with Crippen molar-refractivity contribution in [2.45, 2.75) is 37.9 Å². The lowest BCUT2D eigenvalue weighted by Gasteiger charge is -2.41. The Bertz CT molecular complexity index is 1580. The Morgan fingerprint density at radius 1 is 1.09 bits per heavy atom. The van der Waals surface area contributed by atoms with Crippen LogP contribution in [-0.2, 0) is 4.74 Å². The summed E-state index contributed by atoms with van der Waals surface area (Å²) in [6.07, 6.45) is -14.3. The summed E-state index contributed by atoms with van der Waals surface area (Å²) < 4.78 is 95.5. The second-order valence-electron chi connectivity index (χ2n) is 10.1. The number of carbonyl (C=O) groups excluding carboxylic acids is 1. The Morgan fingerprint density at radius 2 is 1.79 bits per heavy atom. The van der Waals surface area contributed by atoms with Crippen molar-refractivity contribution in [3.63, 3.8) is 0 Å². The van der Waals surface area contributed by atoms with Crippen LogP contribution in [0, 0.1) is 12.7 Å². The monoisotopic (exact) mass is 616 g/mol. The Morgan fingerprint density at radius 3 is 2.40 bits per heavy atom. The van der Waals surface area contributed by atoms with E-state index in [0.29, 0.717) is 46.5 Å². The summed E-state index contributed by atoms with van der Waals surface area (Å²) in [6, 6.07) is 3.11. The van der Waals surface area contributed by atoms with Gasteiger partial charge in [-0.1, -0.05) is 6.08 Å². The van der Waals surface area contributed by atoms with Crippen molar-refractivity contribution >= 4 is 34.4 Å². The van der Waals surface area contributed by atoms with Gasteiger partial charge in [0.1, 0.15) is 17.8 Å². The summed E-state index contributed by atoms with van der Waals surface area (Å²) in [4.78, 5) is 37.8. The maximum absolute atomic E-state index is 14.8. The second kappa shape index (κ2) is 11.0. The van der Waals surface area contributed by atoms with E-state index < -0.39 is 55.6 Å². The summed E-state index contributed by atoms with van der Waals surface area (Å²) in [5.41, 5.74) is 2.99. The van der Waals surface area contributed by atoms with Crippen molar-refractivity contribution in [2.75, 3.05) is 31.5 Å². The van der Waals surface area contributed by atoms with E-state index in [1.54, 1.807) is 19.1 Å². The number of likely N-dealkylation sites (tertiary alicyclic amines) is 1. The molecule has 4 heterocycles. The number of hydrogen-bond acceptors (Lipinski definition) is 5. The number of fused-ring (bicyclic) bond motifs is 1. The zero-order chi connectivity index (χ0) is 31.3. The zero-order valence-corrected chi connectivity index (χ0v) is 22.2. The van der Waals surface area contributed by atoms with Crippen LogP contribution in [0.5, 0.6) is 0 Å². The number of H-pyrrole nitrogens is 1. The predicted molar refractivity (Wildman–Crippen MR) is 138 cm³/mol. The molecule has 3 aromatic rings. The number of ether oxygens (including phenoxy) is 1. The molecule has 2 aromatic heterocycles. The fraction of sp³-hybridized carbons (Fsp3) is 0.385. The normalized spacial score (nSPS) is 16.4. The first-order chi connectivity index (χ1) is 20.1. The van der Waals surface area contributed by atoms with E-state index in [4.69, 9.17) is 0 Å². The third-order valence-electron chi connectivity index (χ3n) is 7.18. The number of hydrogen-bond donors (Lipinski definition) is 3. The quantitative estimate of drug-likeness (QED) is 0.323. The summed E-state index contributed by atoms with van der Waals surface area (Å²) in [6.45, 7) is 1.02. The molecule has 0 unspecified atom stereocenters. The molecule has 0 bridgehead atoms. The zero-order valence-electron chi connectivity index (χ0n) is 22.2. The average Bonchev–Trinajstić information content (AvgIpc) is 3.33. The topological polar surface area (TPSA) is 124 Å². The lowest BCUT2D eigenvalue weighted by atomic mass is 10.0. The van der Waals surface area contributed by atoms with Crippen LogP contribution in [0.15, 0.2) is 30.6 Å². The highest BCUT2D eigenvalue weighted by atomic mass is 19.4. The lowest BCUT2D eigenvalue weighted by Crippen LogP contribution is -2.59. The van der Waals surface area contributed by atoms with Gasteiger partial charge in [-0.2, -0.15) is 26.3 Å². The Hall–Kier alpha value is -4.41. The van der Waals surface area contributed by atoms with Gasteiger partial charge < -0.3 is 29.9 Å². The number of aromatic amines is 1. The molecular formula is C26H23F7N6O4. The van der Waals surface area contributed by atoms with Gasteiger partial charge in [0, 0.05) is 35.4 Å². The number of carboxylic acid groups (broad SMARTS) is 1. The molecule has 10 nitrogen and oxygen atoms in total. The molecular weight excluding hydrogens is 593 g/mol. The number of nitrogens with one attached hydrogen (secondary N) is 2. The maximum atomic E-state index is 14.8. The van der Waals surface area contributed by atoms with E-state index in [1.807, 2.05) is 0 Å². The van der Waals surface area contributed by atoms with Crippen LogP contribution >= 0.6 is 0 Å². The SMILES string of the molecule is Cc1c(NC(=O)N2CC(OC(C(F)(F)F)C(F)(F)F)C2)cc(F)cc1-c1ncnc2[nH]c(C3=CCN(C(=O)O)CC3)cc12. The van der Waals surface area contributed by atoms with Crippen molar-refractivity contribution in [1.29, 1.82) is 0 Å². The Balaban J connectivity index is 1.33. The number of anilines is 1. The van der Waals surface area contributed by atoms with Crippen LogP contribution in [0.25, 0.3) is 27.9 Å². The predicted octanol–water partition coefficient (Wildman–Crippen LogP) is 5.57. The minimum absolute atomic E-state index is 0.0131. The summed E-state index contributed by atoms with van der Waals surface area (Å²) in [5, 5.41) is 12.1. The minimum Gasteiger partial charge on any atom is -0.465 e. The van der Waals surface area contributed by atoms with E-state index in [9.17, 15) is 45.4 Å². The number of carbonyl (C=O) groups is 2. The number of halogens is 7. The molecule has 1 aromatic carbocycles. The van der Waals surface area contributed by atoms with E-state index in [2.05, 4.69) is 25.0 Å². The van der Waals surface area contributed by atoms with E-state index in [0.717, 1.165) is 16.5 Å². The number of rotatable bonds is 5. The molecule has 1 fully saturated rings. The number of alkyl halides is 6. The van der Waals surface area contributed by atoms with Crippen molar-refractivity contribution in [3.8, 4) is 11.3 Å². The van der Waals surface area contributed by atoms with Crippen LogP contribution in [0.3, 0.4) is 0 Å². The standard InChI is InChI=1S/C26H23F7N6O4/c1-12-16(20-17-8-19(36-21(17)35-11-34-20)13-2-4-38(5-3-13)24(41)42)6-14(27)7-18(12)37-23(40)39-9-15(10-39)43-22(25(28,29)30)26(31,32)33/h2,6-8,11,15,22H,3-5,9-10H2,1H3,(H,37,40)(H,41,42)(H,34,35,36). The van der Waals surface area contributed by atoms with Gasteiger partial charge in [-0.05, 0) is 42.7 Å². The molecule has 17 heteroatoms. The van der Waals surface area contributed by atoms with E-state index >= 15 is 0 Å². The molecule has 1 saturated heterocycles. The van der Waals surface area contributed by atoms with Gasteiger partial charge >= 0.3 is 24.5 Å². The van der Waals surface area contributed by atoms with E-state index in [1.165, 1.54) is 17.3 Å². The second-order valence-corrected chi connectivity index (χ2v) is 10.1. The first kappa shape index (κ1) is 30.1. The molecule has 0 radical (unpaired) electrons. The molecule has 5 rings (SSSR count). The molecule has 230 valence electrons. The Labute approximate surface area is 238 Å². The fourth-order valence-electron chi connectivity index (χ4n) is 4.89. The smallest absolute Gasteiger partial charge is 0.423 e. The summed E-state index contributed by atoms with van der Waals surface area (Å²) >= 11 is 0. The maximum Gasteiger partial charge on any atom is 0.423 e. The number of nitrogens with zero attached hydrogens (tertiary/aromatic N) is 4. The van der Waals surface area contributed by atoms with Gasteiger partial charge in [0.25, 0.3) is 0 Å². The fourth-order valence-corrected chi connectivity index (χ4v) is 4.89. The molecule has 0 aliphatic carbocycles. The molecule has 43 heavy (non-hydrogen) atoms. The first-order valence-corrected chi connectivity index (χ1v) is 12.8. The summed E-state index contributed by atoms with van der Waals surface area (Å²) in [5.74, 6) is -0.745. The lowest BCUT2D eigenvalue weighted by molar-refractivity contribution is -0.336. The van der Waals surface area contributed by atoms with Crippen LogP contribution in [0.4, 0.5) is 46.0 Å². The average molecular weight is 616 g/mol. The minimum atomic E-state index is -5.67. The summed E-state index contributed by atoms with van der Waals surface area (Å²) in [7, 11) is 0. The number of benzene rings is 1. The highest BCUT2D eigenvalue weighted by molar-refractivity contribution is 5.97. The third-order valence-corrected chi connectivity index (χ3v) is 7.18. The van der Waals surface area contributed by atoms with Gasteiger partial charge in [0.05, 0.1) is 24.9 Å². The highest BCUT2D eigenvalue weighted by Crippen LogP contribution is 2.38. The van der Waals surface area contributed by atoms with Crippen LogP contribution < -0.4 is 5.32 Å². The van der Waals surface area contributed by atoms with Crippen LogP contribution in [-0.4, -0.2) is 92.7 Å². The van der Waals surface area contributed by atoms with Crippen molar-refractivity contribution < 1.29 is 50.2 Å². The number of amides is 3. The molecule has 2 aliphatic rings. The van der Waals surface area contributed by atoms with Crippen molar-refractivity contribution in [1.82, 2.24) is 24.8 Å². The third kappa shape index (κ3) is 6.21. The number of aromatic nitrogens is 3. The highest BCUT2D eigenvalue weighted by Gasteiger charge is 2.59. The van der Waals surface area contributed by atoms with Gasteiger partial charge in [-0.3, -0.25) is 0 Å². The van der Waals surface area contributed by atoms with Crippen molar-refractivity contribution in [3.05, 3.63) is 47.7 Å². The molecule has 0 atom stereocenters. The number of urea groups is 1. The molecule has 0 spiro atoms. The van der Waals surface area contributed by atoms with Gasteiger partial charge in [0.2, 0.25) is 6.10 Å². The molecule has 3 N–H and O–H groups in total. The molecule has 3 amide bonds. The van der Waals surface area contributed by atoms with Crippen molar-refractivity contribution in [2.24, 2.45) is 0 Å².